The number of rotatable bonds is 4. The molecule has 0 fully saturated rings. The van der Waals surface area contributed by atoms with Crippen molar-refractivity contribution in [2.45, 2.75) is 33.2 Å². The smallest absolute Gasteiger partial charge is 0.332 e. The van der Waals surface area contributed by atoms with E-state index in [4.69, 9.17) is 9.84 Å². The predicted octanol–water partition coefficient (Wildman–Crippen LogP) is 1.18. The Balaban J connectivity index is 2.87. The molecule has 0 bridgehead atoms. The highest BCUT2D eigenvalue weighted by atomic mass is 16.5. The molecule has 0 radical (unpaired) electrons. The van der Waals surface area contributed by atoms with Gasteiger partial charge in [-0.15, -0.1) is 0 Å². The molecule has 0 saturated carbocycles. The van der Waals surface area contributed by atoms with Crippen LogP contribution in [0.15, 0.2) is 16.1 Å². The lowest BCUT2D eigenvalue weighted by Crippen LogP contribution is -2.17. The van der Waals surface area contributed by atoms with Gasteiger partial charge in [0, 0.05) is 6.92 Å². The van der Waals surface area contributed by atoms with Crippen LogP contribution in [0.25, 0.3) is 0 Å². The number of esters is 1. The molecule has 0 aromatic rings. The van der Waals surface area contributed by atoms with E-state index in [0.717, 1.165) is 11.1 Å². The minimum atomic E-state index is -0.971. The standard InChI is InChI=1S/C11H15NO4/c1-4-8-6(2)10(11(14)15)12-9(8)5-16-7(3)13/h10H,4-5H2,1-3H3,(H,14,15)/t10-/m1/s1. The summed E-state index contributed by atoms with van der Waals surface area (Å²) in [5, 5.41) is 8.94. The Morgan fingerprint density at radius 1 is 1.50 bits per heavy atom. The molecule has 1 N–H and O–H groups in total. The number of aliphatic imine (C=N–C) groups is 1. The molecule has 0 saturated heterocycles. The summed E-state index contributed by atoms with van der Waals surface area (Å²) in [6.07, 6.45) is 0.690. The molecule has 0 aliphatic carbocycles. The zero-order valence-electron chi connectivity index (χ0n) is 9.61. The largest absolute Gasteiger partial charge is 0.479 e. The SMILES string of the molecule is CCC1=C(C)[C@H](C(=O)O)N=C1COC(C)=O. The maximum Gasteiger partial charge on any atom is 0.332 e. The van der Waals surface area contributed by atoms with Crippen molar-refractivity contribution in [1.82, 2.24) is 0 Å². The van der Waals surface area contributed by atoms with Gasteiger partial charge in [0.25, 0.3) is 0 Å². The molecule has 16 heavy (non-hydrogen) atoms. The fourth-order valence-electron chi connectivity index (χ4n) is 1.74. The predicted molar refractivity (Wildman–Crippen MR) is 58.5 cm³/mol. The van der Waals surface area contributed by atoms with Gasteiger partial charge >= 0.3 is 11.9 Å². The molecule has 1 heterocycles. The Morgan fingerprint density at radius 3 is 2.56 bits per heavy atom. The van der Waals surface area contributed by atoms with E-state index < -0.39 is 18.0 Å². The van der Waals surface area contributed by atoms with Crippen molar-refractivity contribution in [1.29, 1.82) is 0 Å². The maximum absolute atomic E-state index is 10.9. The maximum atomic E-state index is 10.9. The average molecular weight is 225 g/mol. The van der Waals surface area contributed by atoms with Gasteiger partial charge in [-0.25, -0.2) is 4.79 Å². The minimum absolute atomic E-state index is 0.0552. The van der Waals surface area contributed by atoms with Crippen LogP contribution in [0.5, 0.6) is 0 Å². The molecule has 5 nitrogen and oxygen atoms in total. The first-order chi connectivity index (χ1) is 7.47. The molecular formula is C11H15NO4. The Kier molecular flexibility index (Phi) is 3.82. The van der Waals surface area contributed by atoms with Crippen molar-refractivity contribution >= 4 is 17.7 Å². The van der Waals surface area contributed by atoms with Crippen LogP contribution in [-0.2, 0) is 14.3 Å². The number of carboxylic acids is 1. The van der Waals surface area contributed by atoms with Crippen LogP contribution in [0.3, 0.4) is 0 Å². The number of hydrogen-bond donors (Lipinski definition) is 1. The first-order valence-electron chi connectivity index (χ1n) is 5.10. The molecule has 0 aromatic heterocycles. The van der Waals surface area contributed by atoms with Gasteiger partial charge in [0.2, 0.25) is 0 Å². The van der Waals surface area contributed by atoms with Crippen LogP contribution in [0.1, 0.15) is 27.2 Å². The van der Waals surface area contributed by atoms with Gasteiger partial charge in [-0.05, 0) is 24.5 Å². The summed E-state index contributed by atoms with van der Waals surface area (Å²) in [5.41, 5.74) is 2.19. The summed E-state index contributed by atoms with van der Waals surface area (Å²) in [6, 6.07) is -0.819. The van der Waals surface area contributed by atoms with E-state index in [1.54, 1.807) is 6.92 Å². The monoisotopic (exact) mass is 225 g/mol. The minimum Gasteiger partial charge on any atom is -0.479 e. The molecule has 5 heteroatoms. The summed E-state index contributed by atoms with van der Waals surface area (Å²) < 4.78 is 4.84. The topological polar surface area (TPSA) is 76.0 Å². The van der Waals surface area contributed by atoms with E-state index >= 15 is 0 Å². The quantitative estimate of drug-likeness (QED) is 0.729. The van der Waals surface area contributed by atoms with Crippen molar-refractivity contribution in [2.75, 3.05) is 6.61 Å². The second kappa shape index (κ2) is 4.92. The van der Waals surface area contributed by atoms with E-state index in [2.05, 4.69) is 4.99 Å². The molecule has 1 rings (SSSR count). The molecule has 0 spiro atoms. The van der Waals surface area contributed by atoms with Gasteiger partial charge in [-0.2, -0.15) is 0 Å². The zero-order valence-corrected chi connectivity index (χ0v) is 9.61. The second-order valence-corrected chi connectivity index (χ2v) is 3.61. The number of nitrogens with zero attached hydrogens (tertiary/aromatic N) is 1. The van der Waals surface area contributed by atoms with Crippen LogP contribution < -0.4 is 0 Å². The van der Waals surface area contributed by atoms with Crippen LogP contribution in [0.2, 0.25) is 0 Å². The number of ether oxygens (including phenoxy) is 1. The van der Waals surface area contributed by atoms with Crippen LogP contribution in [-0.4, -0.2) is 35.4 Å². The van der Waals surface area contributed by atoms with Crippen molar-refractivity contribution in [3.8, 4) is 0 Å². The van der Waals surface area contributed by atoms with Gasteiger partial charge in [0.1, 0.15) is 6.61 Å². The van der Waals surface area contributed by atoms with Crippen LogP contribution in [0, 0.1) is 0 Å². The van der Waals surface area contributed by atoms with Crippen molar-refractivity contribution < 1.29 is 19.4 Å². The average Bonchev–Trinajstić information content (AvgIpc) is 2.51. The third-order valence-electron chi connectivity index (χ3n) is 2.52. The van der Waals surface area contributed by atoms with Gasteiger partial charge in [-0.3, -0.25) is 9.79 Å². The highest BCUT2D eigenvalue weighted by Gasteiger charge is 2.29. The lowest BCUT2D eigenvalue weighted by atomic mass is 10.0. The number of carboxylic acid groups (broad SMARTS) is 1. The first kappa shape index (κ1) is 12.4. The van der Waals surface area contributed by atoms with Gasteiger partial charge in [0.15, 0.2) is 6.04 Å². The van der Waals surface area contributed by atoms with Crippen molar-refractivity contribution in [3.05, 3.63) is 11.1 Å². The van der Waals surface area contributed by atoms with E-state index in [0.29, 0.717) is 12.1 Å². The van der Waals surface area contributed by atoms with Gasteiger partial charge in [-0.1, -0.05) is 6.92 Å². The number of carbonyl (C=O) groups is 2. The van der Waals surface area contributed by atoms with E-state index in [9.17, 15) is 9.59 Å². The van der Waals surface area contributed by atoms with Crippen LogP contribution in [0.4, 0.5) is 0 Å². The molecular weight excluding hydrogens is 210 g/mol. The highest BCUT2D eigenvalue weighted by Crippen LogP contribution is 2.24. The number of aliphatic carboxylic acids is 1. The fourth-order valence-corrected chi connectivity index (χ4v) is 1.74. The third-order valence-corrected chi connectivity index (χ3v) is 2.52. The summed E-state index contributed by atoms with van der Waals surface area (Å²) in [6.45, 7) is 5.04. The van der Waals surface area contributed by atoms with E-state index in [1.807, 2.05) is 6.92 Å². The summed E-state index contributed by atoms with van der Waals surface area (Å²) in [7, 11) is 0. The van der Waals surface area contributed by atoms with Crippen LogP contribution >= 0.6 is 0 Å². The van der Waals surface area contributed by atoms with E-state index in [-0.39, 0.29) is 6.61 Å². The molecule has 1 aliphatic heterocycles. The summed E-state index contributed by atoms with van der Waals surface area (Å²) in [4.78, 5) is 25.6. The summed E-state index contributed by atoms with van der Waals surface area (Å²) >= 11 is 0. The van der Waals surface area contributed by atoms with Crippen molar-refractivity contribution in [3.63, 3.8) is 0 Å². The van der Waals surface area contributed by atoms with E-state index in [1.165, 1.54) is 6.92 Å². The second-order valence-electron chi connectivity index (χ2n) is 3.61. The lowest BCUT2D eigenvalue weighted by molar-refractivity contribution is -0.139. The molecule has 0 unspecified atom stereocenters. The Bertz CT molecular complexity index is 381. The van der Waals surface area contributed by atoms with Gasteiger partial charge in [0.05, 0.1) is 5.71 Å². The zero-order chi connectivity index (χ0) is 12.3. The number of hydrogen-bond acceptors (Lipinski definition) is 4. The fraction of sp³-hybridized carbons (Fsp3) is 0.545. The lowest BCUT2D eigenvalue weighted by Gasteiger charge is -2.05. The third kappa shape index (κ3) is 2.48. The van der Waals surface area contributed by atoms with Gasteiger partial charge < -0.3 is 9.84 Å². The Labute approximate surface area is 93.8 Å². The highest BCUT2D eigenvalue weighted by molar-refractivity contribution is 6.07. The van der Waals surface area contributed by atoms with Crippen molar-refractivity contribution in [2.24, 2.45) is 4.99 Å². The molecule has 0 aromatic carbocycles. The molecule has 1 aliphatic rings. The molecule has 88 valence electrons. The first-order valence-corrected chi connectivity index (χ1v) is 5.10. The molecule has 1 atom stereocenters. The Hall–Kier alpha value is -1.65. The normalized spacial score (nSPS) is 19.7. The molecule has 0 amide bonds. The summed E-state index contributed by atoms with van der Waals surface area (Å²) in [5.74, 6) is -1.36. The number of carbonyl (C=O) groups excluding carboxylic acids is 1. The Morgan fingerprint density at radius 2 is 2.12 bits per heavy atom.